The van der Waals surface area contributed by atoms with Crippen LogP contribution in [0, 0.1) is 20.8 Å². The number of piperidine rings is 3. The lowest BCUT2D eigenvalue weighted by atomic mass is 9.85. The molecule has 438 valence electrons. The minimum atomic E-state index is 0.462. The Morgan fingerprint density at radius 2 is 0.765 bits per heavy atom. The van der Waals surface area contributed by atoms with Crippen LogP contribution in [-0.4, -0.2) is 80.5 Å². The second-order valence-corrected chi connectivity index (χ2v) is 23.8. The Labute approximate surface area is 492 Å². The van der Waals surface area contributed by atoms with Crippen LogP contribution in [0.4, 0.5) is 0 Å². The molecule has 0 aromatic heterocycles. The molecule has 0 saturated carbocycles. The van der Waals surface area contributed by atoms with E-state index in [1.807, 2.05) is 65.8 Å². The highest BCUT2D eigenvalue weighted by molar-refractivity contribution is 5.50. The van der Waals surface area contributed by atoms with Gasteiger partial charge in [0.1, 0.15) is 17.2 Å². The lowest BCUT2D eigenvalue weighted by Gasteiger charge is -2.29. The van der Waals surface area contributed by atoms with E-state index < -0.39 is 0 Å². The maximum absolute atomic E-state index is 10.3. The molecule has 3 saturated heterocycles. The quantitative estimate of drug-likeness (QED) is 0.127. The van der Waals surface area contributed by atoms with E-state index in [-0.39, 0.29) is 0 Å². The number of hydrogen-bond donors (Lipinski definition) is 3. The first kappa shape index (κ1) is 63.2. The summed E-state index contributed by atoms with van der Waals surface area (Å²) in [6.45, 7) is 26.0. The highest BCUT2D eigenvalue weighted by Gasteiger charge is 2.30. The molecule has 3 fully saturated rings. The zero-order valence-electron chi connectivity index (χ0n) is 52.4. The summed E-state index contributed by atoms with van der Waals surface area (Å²) in [6, 6.07) is 40.0. The number of hydrogen-bond acceptors (Lipinski definition) is 6. The Morgan fingerprint density at radius 1 is 0.432 bits per heavy atom. The largest absolute Gasteiger partial charge is 0.508 e. The summed E-state index contributed by atoms with van der Waals surface area (Å²) in [4.78, 5) is 4.88. The molecule has 6 aliphatic rings. The number of aryl methyl sites for hydroxylation is 6. The van der Waals surface area contributed by atoms with E-state index in [1.54, 1.807) is 12.7 Å². The van der Waals surface area contributed by atoms with Crippen LogP contribution in [0.15, 0.2) is 109 Å². The molecule has 12 rings (SSSR count). The van der Waals surface area contributed by atoms with Gasteiger partial charge in [0, 0.05) is 16.7 Å². The fourth-order valence-corrected chi connectivity index (χ4v) is 14.3. The highest BCUT2D eigenvalue weighted by Crippen LogP contribution is 2.45. The second kappa shape index (κ2) is 31.3. The average Bonchev–Trinajstić information content (AvgIpc) is 4.28. The van der Waals surface area contributed by atoms with E-state index in [1.165, 1.54) is 155 Å². The van der Waals surface area contributed by atoms with Gasteiger partial charge in [0.2, 0.25) is 0 Å². The third-order valence-electron chi connectivity index (χ3n) is 18.9. The van der Waals surface area contributed by atoms with Crippen molar-refractivity contribution >= 4 is 0 Å². The number of aromatic hydroxyl groups is 2. The molecule has 6 aromatic rings. The van der Waals surface area contributed by atoms with Crippen molar-refractivity contribution in [3.8, 4) is 17.2 Å². The molecule has 0 amide bonds. The number of phenols is 2. The van der Waals surface area contributed by atoms with Crippen LogP contribution < -0.4 is 10.1 Å². The molecule has 3 aliphatic heterocycles. The summed E-state index contributed by atoms with van der Waals surface area (Å²) in [5.74, 6) is 5.75. The maximum Gasteiger partial charge on any atom is 0.122 e. The number of ether oxygens (including phenoxy) is 1. The second-order valence-electron chi connectivity index (χ2n) is 23.8. The van der Waals surface area contributed by atoms with Crippen molar-refractivity contribution in [1.29, 1.82) is 0 Å². The topological polar surface area (TPSA) is 68.2 Å². The molecule has 0 radical (unpaired) electrons. The first-order valence-electron chi connectivity index (χ1n) is 32.1. The maximum atomic E-state index is 10.3. The molecule has 3 aliphatic carbocycles. The number of benzene rings is 6. The molecule has 3 N–H and O–H groups in total. The zero-order valence-corrected chi connectivity index (χ0v) is 52.4. The van der Waals surface area contributed by atoms with Crippen molar-refractivity contribution in [2.45, 2.75) is 194 Å². The summed E-state index contributed by atoms with van der Waals surface area (Å²) in [6.07, 6.45) is 17.8. The van der Waals surface area contributed by atoms with Crippen molar-refractivity contribution in [2.24, 2.45) is 0 Å². The van der Waals surface area contributed by atoms with Crippen molar-refractivity contribution in [3.63, 3.8) is 0 Å². The van der Waals surface area contributed by atoms with E-state index in [0.29, 0.717) is 29.3 Å². The summed E-state index contributed by atoms with van der Waals surface area (Å²) in [5, 5.41) is 24.0. The fourth-order valence-electron chi connectivity index (χ4n) is 14.3. The zero-order chi connectivity index (χ0) is 58.0. The van der Waals surface area contributed by atoms with Gasteiger partial charge >= 0.3 is 0 Å². The van der Waals surface area contributed by atoms with Crippen LogP contribution in [0.1, 0.15) is 218 Å². The van der Waals surface area contributed by atoms with Crippen LogP contribution >= 0.6 is 0 Å². The number of nitrogens with one attached hydrogen (secondary N) is 1. The molecule has 3 unspecified atom stereocenters. The van der Waals surface area contributed by atoms with Gasteiger partial charge in [-0.15, -0.1) is 0 Å². The Kier molecular flexibility index (Phi) is 24.4. The van der Waals surface area contributed by atoms with Gasteiger partial charge in [-0.05, 0) is 291 Å². The lowest BCUT2D eigenvalue weighted by Crippen LogP contribution is -2.29. The van der Waals surface area contributed by atoms with Gasteiger partial charge < -0.3 is 30.1 Å². The molecule has 6 aromatic carbocycles. The standard InChI is InChI=1S/C24H31NO.C23H29NO.C22H27NO.3C2H6/c1-17-15-21(18-11-13-25(2)14-12-18)9-8-20(17)16-22-10-7-19-5-4-6-23(26-3)24(19)22;1-16-14-20(17-10-12-24(2)13-11-17)8-7-19(16)15-21-9-6-18-4-3-5-22(25)23(18)21;1-15-13-19(16-9-11-23-12-10-16)7-6-18(15)14-20-8-5-17-3-2-4-21(24)22(17)20;3*1-2/h4-6,8-9,15,18,22H,7,10-14,16H2,1-3H3;3-5,7-8,14,17,21,25H,6,9-13,15H2,1-2H3;2-4,6-7,13,16,20,23-24H,5,8-12,14H2,1H3;3*1-2H3. The third kappa shape index (κ3) is 16.0. The van der Waals surface area contributed by atoms with E-state index in [4.69, 9.17) is 4.74 Å². The SMILES string of the molecule is CC.CC.CC.COc1cccc2c1C(Cc1ccc(C3CCN(C)CC3)cc1C)CC2.Cc1cc(C2CCN(C)CC2)ccc1CC1CCc2cccc(O)c21.Cc1cc(C2CCNCC2)ccc1CC1CCc2cccc(O)c21. The Hall–Kier alpha value is -5.40. The van der Waals surface area contributed by atoms with Crippen LogP contribution in [0.3, 0.4) is 0 Å². The number of methoxy groups -OCH3 is 1. The highest BCUT2D eigenvalue weighted by atomic mass is 16.5. The van der Waals surface area contributed by atoms with Gasteiger partial charge in [0.15, 0.2) is 0 Å². The van der Waals surface area contributed by atoms with Crippen LogP contribution in [0.2, 0.25) is 0 Å². The van der Waals surface area contributed by atoms with E-state index in [0.717, 1.165) is 81.5 Å². The number of likely N-dealkylation sites (tertiary alicyclic amines) is 2. The first-order valence-corrected chi connectivity index (χ1v) is 32.1. The van der Waals surface area contributed by atoms with Gasteiger partial charge in [-0.25, -0.2) is 0 Å². The normalized spacial score (nSPS) is 19.8. The molecule has 6 nitrogen and oxygen atoms in total. The van der Waals surface area contributed by atoms with Crippen LogP contribution in [-0.2, 0) is 38.5 Å². The smallest absolute Gasteiger partial charge is 0.122 e. The number of rotatable bonds is 10. The van der Waals surface area contributed by atoms with Crippen molar-refractivity contribution in [2.75, 3.05) is 60.5 Å². The summed E-state index contributed by atoms with van der Waals surface area (Å²) in [7, 11) is 6.25. The molecular formula is C75H105N3O3. The van der Waals surface area contributed by atoms with E-state index in [2.05, 4.69) is 135 Å². The van der Waals surface area contributed by atoms with Gasteiger partial charge in [-0.1, -0.05) is 133 Å². The fraction of sp³-hybridized carbons (Fsp3) is 0.520. The van der Waals surface area contributed by atoms with Gasteiger partial charge in [0.05, 0.1) is 7.11 Å². The Balaban J connectivity index is 0.000000167. The van der Waals surface area contributed by atoms with Gasteiger partial charge in [-0.2, -0.15) is 0 Å². The van der Waals surface area contributed by atoms with Crippen LogP contribution in [0.25, 0.3) is 0 Å². The minimum Gasteiger partial charge on any atom is -0.508 e. The van der Waals surface area contributed by atoms with Gasteiger partial charge in [0.25, 0.3) is 0 Å². The van der Waals surface area contributed by atoms with Gasteiger partial charge in [-0.3, -0.25) is 0 Å². The van der Waals surface area contributed by atoms with Crippen LogP contribution in [0.5, 0.6) is 17.2 Å². The molecule has 3 heterocycles. The number of fused-ring (bicyclic) bond motifs is 3. The van der Waals surface area contributed by atoms with E-state index in [9.17, 15) is 10.2 Å². The summed E-state index contributed by atoms with van der Waals surface area (Å²) in [5.41, 5.74) is 21.2. The molecule has 6 heteroatoms. The molecule has 0 spiro atoms. The first-order chi connectivity index (χ1) is 39.5. The number of nitrogens with zero attached hydrogens (tertiary/aromatic N) is 2. The molecular weight excluding hydrogens is 991 g/mol. The third-order valence-corrected chi connectivity index (χ3v) is 18.9. The predicted molar refractivity (Wildman–Crippen MR) is 345 cm³/mol. The monoisotopic (exact) mass is 1100 g/mol. The predicted octanol–water partition coefficient (Wildman–Crippen LogP) is 17.4. The van der Waals surface area contributed by atoms with Crippen molar-refractivity contribution < 1.29 is 14.9 Å². The lowest BCUT2D eigenvalue weighted by molar-refractivity contribution is 0.255. The van der Waals surface area contributed by atoms with E-state index >= 15 is 0 Å². The Bertz CT molecular complexity index is 2880. The number of phenolic OH excluding ortho intramolecular Hbond substituents is 2. The minimum absolute atomic E-state index is 0.462. The molecule has 81 heavy (non-hydrogen) atoms. The van der Waals surface area contributed by atoms with Crippen molar-refractivity contribution in [3.05, 3.63) is 193 Å². The van der Waals surface area contributed by atoms with Crippen molar-refractivity contribution in [1.82, 2.24) is 15.1 Å². The average molecular weight is 1100 g/mol. The summed E-state index contributed by atoms with van der Waals surface area (Å²) < 4.78 is 5.66. The molecule has 3 atom stereocenters. The Morgan fingerprint density at radius 3 is 1.12 bits per heavy atom. The molecule has 0 bridgehead atoms. The summed E-state index contributed by atoms with van der Waals surface area (Å²) >= 11 is 0.